The highest BCUT2D eigenvalue weighted by Crippen LogP contribution is 2.20. The van der Waals surface area contributed by atoms with Gasteiger partial charge in [0.25, 0.3) is 0 Å². The Bertz CT molecular complexity index is 665. The van der Waals surface area contributed by atoms with Gasteiger partial charge in [0, 0.05) is 13.1 Å². The van der Waals surface area contributed by atoms with Gasteiger partial charge in [0.2, 0.25) is 15.9 Å². The lowest BCUT2D eigenvalue weighted by atomic mass is 9.95. The first kappa shape index (κ1) is 21.6. The van der Waals surface area contributed by atoms with Crippen LogP contribution >= 0.6 is 0 Å². The largest absolute Gasteiger partial charge is 0.348 e. The molecular weight excluding hydrogens is 338 g/mol. The van der Waals surface area contributed by atoms with Gasteiger partial charge in [0.1, 0.15) is 0 Å². The highest BCUT2D eigenvalue weighted by molar-refractivity contribution is 7.89. The lowest BCUT2D eigenvalue weighted by molar-refractivity contribution is -0.126. The normalized spacial score (nSPS) is 15.6. The van der Waals surface area contributed by atoms with Crippen molar-refractivity contribution in [2.24, 2.45) is 5.73 Å². The number of carbonyl (C=O) groups is 1. The number of sulfonamides is 1. The molecule has 0 radical (unpaired) electrons. The summed E-state index contributed by atoms with van der Waals surface area (Å²) in [5.74, 6) is -0.207. The molecule has 3 N–H and O–H groups in total. The van der Waals surface area contributed by atoms with E-state index in [2.05, 4.69) is 5.32 Å². The average molecular weight is 370 g/mol. The van der Waals surface area contributed by atoms with Crippen molar-refractivity contribution in [2.45, 2.75) is 63.9 Å². The maximum absolute atomic E-state index is 12.5. The van der Waals surface area contributed by atoms with E-state index in [1.807, 2.05) is 27.7 Å². The van der Waals surface area contributed by atoms with Crippen LogP contribution < -0.4 is 11.1 Å². The standard InChI is InChI=1S/C18H31N3O3S/c1-6-13-18(5,19)17(22)20-14(4)15-9-11-16(12-10-15)25(23,24)21(7-2)8-3/h9-12,14H,6-8,13,19H2,1-5H3,(H,20,22). The van der Waals surface area contributed by atoms with Crippen LogP contribution in [0.1, 0.15) is 59.1 Å². The van der Waals surface area contributed by atoms with E-state index in [-0.39, 0.29) is 16.8 Å². The van der Waals surface area contributed by atoms with Crippen LogP contribution in [-0.2, 0) is 14.8 Å². The summed E-state index contributed by atoms with van der Waals surface area (Å²) >= 11 is 0. The van der Waals surface area contributed by atoms with E-state index in [1.165, 1.54) is 4.31 Å². The van der Waals surface area contributed by atoms with Gasteiger partial charge in [-0.25, -0.2) is 8.42 Å². The van der Waals surface area contributed by atoms with Crippen molar-refractivity contribution in [1.82, 2.24) is 9.62 Å². The lowest BCUT2D eigenvalue weighted by Crippen LogP contribution is -2.52. The summed E-state index contributed by atoms with van der Waals surface area (Å²) in [4.78, 5) is 12.6. The molecule has 1 amide bonds. The highest BCUT2D eigenvalue weighted by Gasteiger charge is 2.28. The molecule has 0 aliphatic carbocycles. The van der Waals surface area contributed by atoms with E-state index < -0.39 is 15.6 Å². The zero-order valence-corrected chi connectivity index (χ0v) is 16.7. The maximum Gasteiger partial charge on any atom is 0.243 e. The second kappa shape index (κ2) is 8.78. The Balaban J connectivity index is 2.91. The van der Waals surface area contributed by atoms with Crippen LogP contribution in [0.5, 0.6) is 0 Å². The van der Waals surface area contributed by atoms with E-state index in [4.69, 9.17) is 5.73 Å². The third-order valence-electron chi connectivity index (χ3n) is 4.36. The number of hydrogen-bond donors (Lipinski definition) is 2. The number of nitrogens with one attached hydrogen (secondary N) is 1. The van der Waals surface area contributed by atoms with Crippen LogP contribution in [0.15, 0.2) is 29.2 Å². The topological polar surface area (TPSA) is 92.5 Å². The highest BCUT2D eigenvalue weighted by atomic mass is 32.2. The molecule has 2 unspecified atom stereocenters. The van der Waals surface area contributed by atoms with Crippen molar-refractivity contribution < 1.29 is 13.2 Å². The first-order chi connectivity index (χ1) is 11.6. The van der Waals surface area contributed by atoms with E-state index in [0.717, 1.165) is 12.0 Å². The zero-order chi connectivity index (χ0) is 19.3. The van der Waals surface area contributed by atoms with Gasteiger partial charge in [-0.05, 0) is 38.0 Å². The van der Waals surface area contributed by atoms with Crippen molar-refractivity contribution in [3.63, 3.8) is 0 Å². The van der Waals surface area contributed by atoms with Gasteiger partial charge in [0.05, 0.1) is 16.5 Å². The number of carbonyl (C=O) groups excluding carboxylic acids is 1. The van der Waals surface area contributed by atoms with E-state index in [0.29, 0.717) is 19.5 Å². The summed E-state index contributed by atoms with van der Waals surface area (Å²) in [7, 11) is -3.47. The van der Waals surface area contributed by atoms with Gasteiger partial charge in [-0.3, -0.25) is 4.79 Å². The van der Waals surface area contributed by atoms with Crippen LogP contribution in [0, 0.1) is 0 Å². The van der Waals surface area contributed by atoms with Gasteiger partial charge >= 0.3 is 0 Å². The third kappa shape index (κ3) is 5.26. The van der Waals surface area contributed by atoms with E-state index >= 15 is 0 Å². The Labute approximate surface area is 151 Å². The first-order valence-electron chi connectivity index (χ1n) is 8.80. The Hall–Kier alpha value is -1.44. The smallest absolute Gasteiger partial charge is 0.243 e. The van der Waals surface area contributed by atoms with E-state index in [9.17, 15) is 13.2 Å². The number of hydrogen-bond acceptors (Lipinski definition) is 4. The molecule has 0 saturated heterocycles. The molecule has 0 bridgehead atoms. The first-order valence-corrected chi connectivity index (χ1v) is 10.2. The van der Waals surface area contributed by atoms with Gasteiger partial charge in [0.15, 0.2) is 0 Å². The monoisotopic (exact) mass is 369 g/mol. The average Bonchev–Trinajstić information content (AvgIpc) is 2.55. The van der Waals surface area contributed by atoms with Gasteiger partial charge < -0.3 is 11.1 Å². The molecule has 0 spiro atoms. The maximum atomic E-state index is 12.5. The fourth-order valence-corrected chi connectivity index (χ4v) is 4.18. The summed E-state index contributed by atoms with van der Waals surface area (Å²) in [5, 5.41) is 2.90. The number of rotatable bonds is 9. The fourth-order valence-electron chi connectivity index (χ4n) is 2.72. The number of nitrogens with zero attached hydrogens (tertiary/aromatic N) is 1. The minimum absolute atomic E-state index is 0.207. The van der Waals surface area contributed by atoms with Crippen LogP contribution in [0.25, 0.3) is 0 Å². The summed E-state index contributed by atoms with van der Waals surface area (Å²) in [6.45, 7) is 10.0. The van der Waals surface area contributed by atoms with Crippen LogP contribution in [-0.4, -0.2) is 37.3 Å². The Morgan fingerprint density at radius 1 is 1.20 bits per heavy atom. The molecule has 0 aliphatic heterocycles. The molecule has 0 fully saturated rings. The second-order valence-electron chi connectivity index (χ2n) is 6.52. The molecule has 1 rings (SSSR count). The number of nitrogens with two attached hydrogens (primary N) is 1. The Kier molecular flexibility index (Phi) is 7.59. The Morgan fingerprint density at radius 3 is 2.16 bits per heavy atom. The molecule has 1 aromatic carbocycles. The third-order valence-corrected chi connectivity index (χ3v) is 6.42. The molecule has 0 saturated carbocycles. The van der Waals surface area contributed by atoms with Crippen LogP contribution in [0.3, 0.4) is 0 Å². The van der Waals surface area contributed by atoms with Crippen molar-refractivity contribution in [3.05, 3.63) is 29.8 Å². The zero-order valence-electron chi connectivity index (χ0n) is 15.9. The van der Waals surface area contributed by atoms with Crippen molar-refractivity contribution in [2.75, 3.05) is 13.1 Å². The molecule has 0 aromatic heterocycles. The van der Waals surface area contributed by atoms with Gasteiger partial charge in [-0.1, -0.05) is 39.3 Å². The molecule has 0 aliphatic rings. The summed E-state index contributed by atoms with van der Waals surface area (Å²) in [5.41, 5.74) is 5.97. The molecule has 0 heterocycles. The van der Waals surface area contributed by atoms with Crippen LogP contribution in [0.4, 0.5) is 0 Å². The molecule has 7 heteroatoms. The SMILES string of the molecule is CCCC(C)(N)C(=O)NC(C)c1ccc(S(=O)(=O)N(CC)CC)cc1. The fraction of sp³-hybridized carbons (Fsp3) is 0.611. The molecule has 25 heavy (non-hydrogen) atoms. The molecular formula is C18H31N3O3S. The number of amides is 1. The molecule has 142 valence electrons. The quantitative estimate of drug-likeness (QED) is 0.699. The molecule has 2 atom stereocenters. The van der Waals surface area contributed by atoms with Crippen LogP contribution in [0.2, 0.25) is 0 Å². The lowest BCUT2D eigenvalue weighted by Gasteiger charge is -2.26. The predicted octanol–water partition coefficient (Wildman–Crippen LogP) is 2.41. The summed E-state index contributed by atoms with van der Waals surface area (Å²) in [6, 6.07) is 6.38. The predicted molar refractivity (Wildman–Crippen MR) is 101 cm³/mol. The van der Waals surface area contributed by atoms with Crippen molar-refractivity contribution in [3.8, 4) is 0 Å². The van der Waals surface area contributed by atoms with Gasteiger partial charge in [-0.2, -0.15) is 4.31 Å². The molecule has 6 nitrogen and oxygen atoms in total. The van der Waals surface area contributed by atoms with Gasteiger partial charge in [-0.15, -0.1) is 0 Å². The Morgan fingerprint density at radius 2 is 1.72 bits per heavy atom. The summed E-state index contributed by atoms with van der Waals surface area (Å²) < 4.78 is 26.4. The van der Waals surface area contributed by atoms with Crippen molar-refractivity contribution >= 4 is 15.9 Å². The second-order valence-corrected chi connectivity index (χ2v) is 8.46. The molecule has 1 aromatic rings. The van der Waals surface area contributed by atoms with E-state index in [1.54, 1.807) is 31.2 Å². The summed E-state index contributed by atoms with van der Waals surface area (Å²) in [6.07, 6.45) is 1.43. The number of benzene rings is 1. The minimum Gasteiger partial charge on any atom is -0.348 e. The minimum atomic E-state index is -3.47. The van der Waals surface area contributed by atoms with Crippen molar-refractivity contribution in [1.29, 1.82) is 0 Å².